The van der Waals surface area contributed by atoms with E-state index in [1.807, 2.05) is 47.8 Å². The predicted molar refractivity (Wildman–Crippen MR) is 140 cm³/mol. The fraction of sp³-hybridized carbons (Fsp3) is 0.357. The smallest absolute Gasteiger partial charge is 0.254 e. The Morgan fingerprint density at radius 2 is 1.86 bits per heavy atom. The molecule has 1 aromatic heterocycles. The molecule has 4 rings (SSSR count). The van der Waals surface area contributed by atoms with Gasteiger partial charge in [-0.25, -0.2) is 0 Å². The first-order valence-electron chi connectivity index (χ1n) is 12.0. The molecule has 0 aliphatic carbocycles. The third-order valence-corrected chi connectivity index (χ3v) is 7.35. The third-order valence-electron chi connectivity index (χ3n) is 6.40. The SMILES string of the molecule is COCCN1C(=O)c2ccccc2[C@@H](C(=O)NCCCN(C)Cc2ccccc2)[C@@H]1c1cccs1. The number of nitrogens with zero attached hydrogens (tertiary/aromatic N) is 2. The molecule has 0 unspecified atom stereocenters. The van der Waals surface area contributed by atoms with Gasteiger partial charge in [-0.15, -0.1) is 11.3 Å². The van der Waals surface area contributed by atoms with Gasteiger partial charge in [-0.1, -0.05) is 54.6 Å². The maximum atomic E-state index is 13.6. The fourth-order valence-corrected chi connectivity index (χ4v) is 5.61. The molecule has 2 amide bonds. The minimum absolute atomic E-state index is 0.0449. The average Bonchev–Trinajstić information content (AvgIpc) is 3.41. The normalized spacial score (nSPS) is 17.5. The molecule has 35 heavy (non-hydrogen) atoms. The van der Waals surface area contributed by atoms with Crippen molar-refractivity contribution in [1.29, 1.82) is 0 Å². The standard InChI is InChI=1S/C28H33N3O3S/c1-30(20-21-10-4-3-5-11-21)16-9-15-29-27(32)25-22-12-6-7-13-23(22)28(33)31(17-18-34-2)26(25)24-14-8-19-35-24/h3-8,10-14,19,25-26H,9,15-18,20H2,1-2H3,(H,29,32)/t25-,26+/m1/s1. The topological polar surface area (TPSA) is 61.9 Å². The molecular weight excluding hydrogens is 458 g/mol. The van der Waals surface area contributed by atoms with Gasteiger partial charge in [0, 0.05) is 37.2 Å². The number of amides is 2. The number of thiophene rings is 1. The highest BCUT2D eigenvalue weighted by atomic mass is 32.1. The number of hydrogen-bond donors (Lipinski definition) is 1. The number of benzene rings is 2. The van der Waals surface area contributed by atoms with Crippen LogP contribution in [0.5, 0.6) is 0 Å². The zero-order chi connectivity index (χ0) is 24.6. The van der Waals surface area contributed by atoms with Crippen molar-refractivity contribution in [3.8, 4) is 0 Å². The second-order valence-corrected chi connectivity index (χ2v) is 9.86. The summed E-state index contributed by atoms with van der Waals surface area (Å²) in [4.78, 5) is 32.1. The van der Waals surface area contributed by atoms with Crippen molar-refractivity contribution in [2.75, 3.05) is 40.4 Å². The Hall–Kier alpha value is -3.00. The van der Waals surface area contributed by atoms with Gasteiger partial charge in [0.1, 0.15) is 0 Å². The van der Waals surface area contributed by atoms with Crippen molar-refractivity contribution in [2.45, 2.75) is 24.9 Å². The first kappa shape index (κ1) is 25.1. The Kier molecular flexibility index (Phi) is 8.69. The molecule has 2 heterocycles. The van der Waals surface area contributed by atoms with Crippen molar-refractivity contribution < 1.29 is 14.3 Å². The summed E-state index contributed by atoms with van der Waals surface area (Å²) in [5, 5.41) is 5.16. The van der Waals surface area contributed by atoms with E-state index in [-0.39, 0.29) is 17.9 Å². The molecule has 1 aliphatic heterocycles. The van der Waals surface area contributed by atoms with Gasteiger partial charge in [0.15, 0.2) is 0 Å². The van der Waals surface area contributed by atoms with Crippen LogP contribution in [0.4, 0.5) is 0 Å². The van der Waals surface area contributed by atoms with E-state index in [4.69, 9.17) is 4.74 Å². The summed E-state index contributed by atoms with van der Waals surface area (Å²) in [6.07, 6.45) is 0.847. The van der Waals surface area contributed by atoms with Crippen molar-refractivity contribution in [3.63, 3.8) is 0 Å². The summed E-state index contributed by atoms with van der Waals surface area (Å²) >= 11 is 1.58. The molecule has 2 atom stereocenters. The van der Waals surface area contributed by atoms with Crippen LogP contribution in [0.1, 0.15) is 44.7 Å². The first-order valence-corrected chi connectivity index (χ1v) is 12.9. The molecule has 1 N–H and O–H groups in total. The van der Waals surface area contributed by atoms with E-state index in [1.165, 1.54) is 5.56 Å². The lowest BCUT2D eigenvalue weighted by atomic mass is 9.81. The summed E-state index contributed by atoms with van der Waals surface area (Å²) in [5.74, 6) is -0.569. The summed E-state index contributed by atoms with van der Waals surface area (Å²) in [6, 6.07) is 21.5. The molecule has 0 fully saturated rings. The molecule has 0 saturated heterocycles. The number of hydrogen-bond acceptors (Lipinski definition) is 5. The second-order valence-electron chi connectivity index (χ2n) is 8.88. The van der Waals surface area contributed by atoms with Crippen molar-refractivity contribution in [2.24, 2.45) is 0 Å². The first-order chi connectivity index (χ1) is 17.1. The van der Waals surface area contributed by atoms with E-state index in [0.29, 0.717) is 25.3 Å². The lowest BCUT2D eigenvalue weighted by molar-refractivity contribution is -0.124. The second kappa shape index (κ2) is 12.1. The highest BCUT2D eigenvalue weighted by molar-refractivity contribution is 7.10. The third kappa shape index (κ3) is 5.99. The quantitative estimate of drug-likeness (QED) is 0.406. The van der Waals surface area contributed by atoms with Crippen LogP contribution in [-0.2, 0) is 16.1 Å². The number of ether oxygens (including phenoxy) is 1. The average molecular weight is 492 g/mol. The summed E-state index contributed by atoms with van der Waals surface area (Å²) < 4.78 is 5.29. The number of nitrogens with one attached hydrogen (secondary N) is 1. The molecule has 0 bridgehead atoms. The lowest BCUT2D eigenvalue weighted by Crippen LogP contribution is -2.48. The minimum atomic E-state index is -0.471. The molecule has 184 valence electrons. The molecular formula is C28H33N3O3S. The fourth-order valence-electron chi connectivity index (χ4n) is 4.73. The maximum Gasteiger partial charge on any atom is 0.254 e. The summed E-state index contributed by atoms with van der Waals surface area (Å²) in [7, 11) is 3.72. The molecule has 0 saturated carbocycles. The van der Waals surface area contributed by atoms with Gasteiger partial charge in [0.25, 0.3) is 5.91 Å². The van der Waals surface area contributed by atoms with Crippen LogP contribution in [-0.4, -0.2) is 62.0 Å². The van der Waals surface area contributed by atoms with E-state index in [2.05, 4.69) is 41.5 Å². The Bertz CT molecular complexity index is 1100. The number of methoxy groups -OCH3 is 1. The molecule has 6 nitrogen and oxygen atoms in total. The molecule has 3 aromatic rings. The van der Waals surface area contributed by atoms with Gasteiger partial charge in [-0.2, -0.15) is 0 Å². The van der Waals surface area contributed by atoms with Crippen molar-refractivity contribution in [3.05, 3.63) is 93.7 Å². The van der Waals surface area contributed by atoms with E-state index >= 15 is 0 Å². The molecule has 0 radical (unpaired) electrons. The highest BCUT2D eigenvalue weighted by Gasteiger charge is 2.44. The zero-order valence-corrected chi connectivity index (χ0v) is 21.2. The summed E-state index contributed by atoms with van der Waals surface area (Å²) in [5.41, 5.74) is 2.67. The number of carbonyl (C=O) groups is 2. The Balaban J connectivity index is 1.47. The highest BCUT2D eigenvalue weighted by Crippen LogP contribution is 2.44. The predicted octanol–water partition coefficient (Wildman–Crippen LogP) is 4.31. The van der Waals surface area contributed by atoms with Crippen LogP contribution in [0.15, 0.2) is 72.1 Å². The van der Waals surface area contributed by atoms with Crippen LogP contribution in [0.2, 0.25) is 0 Å². The van der Waals surface area contributed by atoms with Gasteiger partial charge in [-0.05, 0) is 48.7 Å². The van der Waals surface area contributed by atoms with Crippen molar-refractivity contribution >= 4 is 23.2 Å². The van der Waals surface area contributed by atoms with Crippen molar-refractivity contribution in [1.82, 2.24) is 15.1 Å². The van der Waals surface area contributed by atoms with Gasteiger partial charge in [0.2, 0.25) is 5.91 Å². The Labute approximate surface area is 211 Å². The van der Waals surface area contributed by atoms with Crippen LogP contribution in [0, 0.1) is 0 Å². The molecule has 7 heteroatoms. The molecule has 0 spiro atoms. The largest absolute Gasteiger partial charge is 0.383 e. The number of rotatable bonds is 11. The Morgan fingerprint density at radius 1 is 1.09 bits per heavy atom. The number of fused-ring (bicyclic) bond motifs is 1. The Morgan fingerprint density at radius 3 is 2.60 bits per heavy atom. The van der Waals surface area contributed by atoms with E-state index in [1.54, 1.807) is 23.3 Å². The van der Waals surface area contributed by atoms with E-state index in [9.17, 15) is 9.59 Å². The van der Waals surface area contributed by atoms with E-state index in [0.717, 1.165) is 30.0 Å². The monoisotopic (exact) mass is 491 g/mol. The summed E-state index contributed by atoms with van der Waals surface area (Å²) in [6.45, 7) is 3.18. The van der Waals surface area contributed by atoms with Gasteiger partial charge >= 0.3 is 0 Å². The molecule has 1 aliphatic rings. The van der Waals surface area contributed by atoms with Gasteiger partial charge < -0.3 is 19.9 Å². The van der Waals surface area contributed by atoms with Crippen LogP contribution >= 0.6 is 11.3 Å². The van der Waals surface area contributed by atoms with E-state index < -0.39 is 5.92 Å². The van der Waals surface area contributed by atoms with Gasteiger partial charge in [0.05, 0.1) is 18.6 Å². The number of carbonyl (C=O) groups excluding carboxylic acids is 2. The van der Waals surface area contributed by atoms with Crippen LogP contribution < -0.4 is 5.32 Å². The zero-order valence-electron chi connectivity index (χ0n) is 20.4. The molecule has 2 aromatic carbocycles. The lowest BCUT2D eigenvalue weighted by Gasteiger charge is -2.41. The van der Waals surface area contributed by atoms with Crippen LogP contribution in [0.3, 0.4) is 0 Å². The van der Waals surface area contributed by atoms with Crippen LogP contribution in [0.25, 0.3) is 0 Å². The van der Waals surface area contributed by atoms with Gasteiger partial charge in [-0.3, -0.25) is 9.59 Å². The minimum Gasteiger partial charge on any atom is -0.383 e. The maximum absolute atomic E-state index is 13.6.